The van der Waals surface area contributed by atoms with Gasteiger partial charge in [0, 0.05) is 59.5 Å². The van der Waals surface area contributed by atoms with E-state index >= 15 is 0 Å². The minimum Gasteiger partial charge on any atom is -0.512 e. The van der Waals surface area contributed by atoms with Crippen LogP contribution in [-0.4, -0.2) is 22.1 Å². The first-order valence-corrected chi connectivity index (χ1v) is 21.6. The number of aliphatic hydroxyl groups excluding tert-OH is 1. The van der Waals surface area contributed by atoms with Crippen LogP contribution in [0.1, 0.15) is 106 Å². The van der Waals surface area contributed by atoms with Gasteiger partial charge >= 0.3 is 6.18 Å². The molecule has 1 radical (unpaired) electrons. The zero-order valence-electron chi connectivity index (χ0n) is 37.5. The van der Waals surface area contributed by atoms with E-state index in [9.17, 15) is 23.1 Å². The van der Waals surface area contributed by atoms with Gasteiger partial charge in [-0.1, -0.05) is 140 Å². The fraction of sp³-hybridized carbons (Fsp3) is 0.385. The van der Waals surface area contributed by atoms with E-state index in [0.717, 1.165) is 79.5 Å². The molecule has 1 N–H and O–H groups in total. The Labute approximate surface area is 374 Å². The van der Waals surface area contributed by atoms with E-state index in [-0.39, 0.29) is 61.5 Å². The number of hydrogen-bond acceptors (Lipinski definition) is 4. The molecular weight excluding hydrogens is 952 g/mol. The molecule has 0 bridgehead atoms. The summed E-state index contributed by atoms with van der Waals surface area (Å²) in [5, 5.41) is 13.0. The number of allylic oxidation sites excluding steroid dienone is 2. The Balaban J connectivity index is 0.000000439. The number of alkyl halides is 3. The number of rotatable bonds is 12. The first kappa shape index (κ1) is 47.0. The van der Waals surface area contributed by atoms with Crippen LogP contribution in [-0.2, 0) is 36.7 Å². The smallest absolute Gasteiger partial charge is 0.394 e. The van der Waals surface area contributed by atoms with Gasteiger partial charge in [-0.25, -0.2) is 0 Å². The van der Waals surface area contributed by atoms with E-state index in [4.69, 9.17) is 6.35 Å². The molecule has 4 aromatic carbocycles. The van der Waals surface area contributed by atoms with Gasteiger partial charge in [-0.3, -0.25) is 9.78 Å². The van der Waals surface area contributed by atoms with Crippen molar-refractivity contribution in [2.45, 2.75) is 113 Å². The van der Waals surface area contributed by atoms with E-state index in [1.807, 2.05) is 52.0 Å². The van der Waals surface area contributed by atoms with Gasteiger partial charge in [0.25, 0.3) is 0 Å². The fourth-order valence-corrected chi connectivity index (χ4v) is 8.84. The minimum atomic E-state index is -4.26. The molecule has 321 valence electrons. The second kappa shape index (κ2) is 20.2. The van der Waals surface area contributed by atoms with Crippen molar-refractivity contribution in [3.63, 3.8) is 0 Å². The van der Waals surface area contributed by atoms with Crippen LogP contribution in [0.5, 0.6) is 0 Å². The molecule has 0 unspecified atom stereocenters. The Morgan fingerprint density at radius 1 is 0.817 bits per heavy atom. The third-order valence-electron chi connectivity index (χ3n) is 11.6. The zero-order valence-corrected chi connectivity index (χ0v) is 39.7. The number of aromatic nitrogens is 1. The van der Waals surface area contributed by atoms with E-state index < -0.39 is 11.6 Å². The van der Waals surface area contributed by atoms with Crippen LogP contribution in [0, 0.1) is 30.2 Å². The maximum absolute atomic E-state index is 13.4. The van der Waals surface area contributed by atoms with Gasteiger partial charge in [0.2, 0.25) is 0 Å². The van der Waals surface area contributed by atoms with Crippen LogP contribution in [0.25, 0.3) is 53.7 Å². The van der Waals surface area contributed by atoms with Crippen molar-refractivity contribution in [3.8, 4) is 32.8 Å². The van der Waals surface area contributed by atoms with Crippen LogP contribution >= 0.6 is 11.3 Å². The van der Waals surface area contributed by atoms with Crippen molar-refractivity contribution in [3.05, 3.63) is 126 Å². The number of carbonyl (C=O) groups is 1. The van der Waals surface area contributed by atoms with Gasteiger partial charge < -0.3 is 5.11 Å². The van der Waals surface area contributed by atoms with Crippen molar-refractivity contribution in [1.29, 1.82) is 0 Å². The SMILES string of the molecule is CCC(CC)C(=O)/C=C(\O)C(CC)CC.[2H]c1cc2c(C)c(-c3ccc(-c4ccc(CC(C)(C)C(F)(F)F)cc4)cc3)sc2c(-c2[c-]c3ccccc3c(C(C)(C)C)c2)n1.[Ir]. The Morgan fingerprint density at radius 3 is 1.92 bits per heavy atom. The molecule has 0 amide bonds. The predicted octanol–water partition coefficient (Wildman–Crippen LogP) is 15.9. The van der Waals surface area contributed by atoms with Crippen LogP contribution in [0.4, 0.5) is 13.2 Å². The molecule has 0 aliphatic heterocycles. The third kappa shape index (κ3) is 11.0. The van der Waals surface area contributed by atoms with E-state index in [1.54, 1.807) is 23.5 Å². The second-order valence-electron chi connectivity index (χ2n) is 17.3. The summed E-state index contributed by atoms with van der Waals surface area (Å²) in [5.41, 5.74) is 5.81. The molecule has 0 fully saturated rings. The van der Waals surface area contributed by atoms with E-state index in [2.05, 4.69) is 82.3 Å². The van der Waals surface area contributed by atoms with E-state index in [1.165, 1.54) is 30.9 Å². The molecule has 6 aromatic rings. The Morgan fingerprint density at radius 2 is 1.37 bits per heavy atom. The normalized spacial score (nSPS) is 12.7. The van der Waals surface area contributed by atoms with Crippen molar-refractivity contribution < 1.29 is 44.5 Å². The van der Waals surface area contributed by atoms with Crippen LogP contribution < -0.4 is 0 Å². The van der Waals surface area contributed by atoms with Gasteiger partial charge in [-0.15, -0.1) is 40.5 Å². The summed E-state index contributed by atoms with van der Waals surface area (Å²) in [6, 6.07) is 31.6. The first-order chi connectivity index (χ1) is 28.2. The number of pyridine rings is 1. The summed E-state index contributed by atoms with van der Waals surface area (Å²) in [6.45, 7) is 19.3. The number of aryl methyl sites for hydroxylation is 1. The minimum absolute atomic E-state index is 0. The van der Waals surface area contributed by atoms with E-state index in [0.29, 0.717) is 5.56 Å². The Bertz CT molecular complexity index is 2450. The summed E-state index contributed by atoms with van der Waals surface area (Å²) in [4.78, 5) is 17.6. The summed E-state index contributed by atoms with van der Waals surface area (Å²) < 4.78 is 49.7. The molecule has 0 saturated carbocycles. The number of hydrogen-bond donors (Lipinski definition) is 1. The largest absolute Gasteiger partial charge is 0.512 e. The molecule has 60 heavy (non-hydrogen) atoms. The predicted molar refractivity (Wildman–Crippen MR) is 243 cm³/mol. The maximum atomic E-state index is 13.4. The summed E-state index contributed by atoms with van der Waals surface area (Å²) >= 11 is 1.68. The molecule has 2 heterocycles. The van der Waals surface area contributed by atoms with Crippen LogP contribution in [0.2, 0.25) is 0 Å². The fourth-order valence-electron chi connectivity index (χ4n) is 7.54. The molecular formula is C52H59F3IrNO2S-. The molecule has 0 atom stereocenters. The van der Waals surface area contributed by atoms with Gasteiger partial charge in [-0.2, -0.15) is 13.2 Å². The van der Waals surface area contributed by atoms with Crippen molar-refractivity contribution >= 4 is 38.0 Å². The number of carbonyl (C=O) groups excluding carboxylic acids is 1. The van der Waals surface area contributed by atoms with Crippen molar-refractivity contribution in [1.82, 2.24) is 4.98 Å². The second-order valence-corrected chi connectivity index (χ2v) is 18.3. The first-order valence-electron chi connectivity index (χ1n) is 21.3. The molecule has 3 nitrogen and oxygen atoms in total. The average Bonchev–Trinajstić information content (AvgIpc) is 3.53. The molecule has 0 saturated heterocycles. The monoisotopic (exact) mass is 1010 g/mol. The molecule has 6 rings (SSSR count). The number of aliphatic hydroxyl groups is 1. The quantitative estimate of drug-likeness (QED) is 0.0755. The molecule has 2 aromatic heterocycles. The summed E-state index contributed by atoms with van der Waals surface area (Å²) in [5.74, 6) is 0.547. The maximum Gasteiger partial charge on any atom is 0.394 e. The Kier molecular flexibility index (Phi) is 15.8. The Hall–Kier alpha value is -4.10. The van der Waals surface area contributed by atoms with Crippen molar-refractivity contribution in [2.75, 3.05) is 0 Å². The molecule has 0 aliphatic carbocycles. The topological polar surface area (TPSA) is 50.2 Å². The standard InChI is InChI=1S/C39H35F3NS.C13H24O2.Ir/c1-24-31-19-20-43-34(30-21-29-9-7-8-10-32(29)33(22-30)37(2,3)4)36(31)44-35(24)28-17-15-27(16-18-28)26-13-11-25(12-14-26)23-38(5,6)39(40,41)42;1-5-10(6-2)12(14)9-13(15)11(7-3)8-4;/h7-20,22H,23H2,1-6H3;9-11,14H,5-8H2,1-4H3;/q-1;;/b;12-9-;/i20D;;. The number of fused-ring (bicyclic) bond motifs is 2. The molecule has 8 heteroatoms. The third-order valence-corrected chi connectivity index (χ3v) is 12.9. The number of ketones is 1. The molecule has 0 aliphatic rings. The van der Waals surface area contributed by atoms with Crippen molar-refractivity contribution in [2.24, 2.45) is 17.3 Å². The number of halogens is 3. The number of thiophene rings is 1. The summed E-state index contributed by atoms with van der Waals surface area (Å²) in [7, 11) is 0. The van der Waals surface area contributed by atoms with Gasteiger partial charge in [0.05, 0.1) is 12.5 Å². The van der Waals surface area contributed by atoms with Gasteiger partial charge in [-0.05, 0) is 83.7 Å². The molecule has 0 spiro atoms. The van der Waals surface area contributed by atoms with Gasteiger partial charge in [0.1, 0.15) is 0 Å². The summed E-state index contributed by atoms with van der Waals surface area (Å²) in [6.07, 6.45) is 0.811. The van der Waals surface area contributed by atoms with Crippen LogP contribution in [0.15, 0.2) is 103 Å². The average molecular weight is 1010 g/mol. The van der Waals surface area contributed by atoms with Crippen LogP contribution in [0.3, 0.4) is 0 Å². The number of benzene rings is 4. The number of nitrogens with zero attached hydrogens (tertiary/aromatic N) is 1. The van der Waals surface area contributed by atoms with Gasteiger partial charge in [0.15, 0.2) is 5.78 Å². The zero-order chi connectivity index (χ0) is 44.2.